The van der Waals surface area contributed by atoms with Crippen LogP contribution in [0, 0.1) is 15.3 Å². The van der Waals surface area contributed by atoms with E-state index in [0.717, 1.165) is 0 Å². The van der Waals surface area contributed by atoms with Crippen LogP contribution >= 0.6 is 0 Å². The lowest BCUT2D eigenvalue weighted by molar-refractivity contribution is -0.793. The second-order valence-corrected chi connectivity index (χ2v) is 2.73. The molecule has 0 unspecified atom stereocenters. The second kappa shape index (κ2) is 3.37. The van der Waals surface area contributed by atoms with E-state index in [4.69, 9.17) is 0 Å². The minimum atomic E-state index is -0.764. The Hall–Kier alpha value is -2.44. The smallest absolute Gasteiger partial charge is 0.359 e. The van der Waals surface area contributed by atoms with Crippen molar-refractivity contribution in [3.8, 4) is 11.3 Å². The number of hydrogen-bond acceptors (Lipinski definition) is 5. The van der Waals surface area contributed by atoms with E-state index in [1.807, 2.05) is 0 Å². The Morgan fingerprint density at radius 1 is 1.33 bits per heavy atom. The van der Waals surface area contributed by atoms with Gasteiger partial charge < -0.3 is 15.3 Å². The Kier molecular flexibility index (Phi) is 2.05. The molecule has 2 rings (SSSR count). The molecule has 1 aromatic heterocycles. The Labute approximate surface area is 83.2 Å². The molecule has 2 aromatic rings. The normalized spacial score (nSPS) is 10.1. The minimum Gasteiger partial charge on any atom is -0.359 e. The molecular weight excluding hydrogens is 202 g/mol. The lowest BCUT2D eigenvalue weighted by Crippen LogP contribution is -2.25. The van der Waals surface area contributed by atoms with E-state index >= 15 is 0 Å². The molecule has 0 aliphatic carbocycles. The predicted molar refractivity (Wildman–Crippen MR) is 47.6 cm³/mol. The van der Waals surface area contributed by atoms with Crippen LogP contribution in [-0.2, 0) is 0 Å². The van der Waals surface area contributed by atoms with Crippen LogP contribution in [0.1, 0.15) is 0 Å². The zero-order chi connectivity index (χ0) is 10.8. The first-order valence-electron chi connectivity index (χ1n) is 3.99. The first-order valence-corrected chi connectivity index (χ1v) is 3.99. The number of benzene rings is 1. The highest BCUT2D eigenvalue weighted by Gasteiger charge is 2.26. The van der Waals surface area contributed by atoms with Crippen LogP contribution < -0.4 is 4.90 Å². The van der Waals surface area contributed by atoms with Crippen molar-refractivity contribution in [1.82, 2.24) is 5.16 Å². The highest BCUT2D eigenvalue weighted by atomic mass is 16.8. The minimum absolute atomic E-state index is 0.0213. The van der Waals surface area contributed by atoms with Gasteiger partial charge in [-0.3, -0.25) is 4.63 Å². The largest absolute Gasteiger partial charge is 0.440 e. The average Bonchev–Trinajstić information content (AvgIpc) is 2.61. The van der Waals surface area contributed by atoms with Crippen LogP contribution in [0.15, 0.2) is 35.0 Å². The molecule has 1 heterocycles. The van der Waals surface area contributed by atoms with Crippen LogP contribution in [0.5, 0.6) is 0 Å². The van der Waals surface area contributed by atoms with E-state index in [0.29, 0.717) is 5.56 Å². The molecule has 0 radical (unpaired) electrons. The zero-order valence-corrected chi connectivity index (χ0v) is 7.36. The molecule has 0 N–H and O–H groups in total. The zero-order valence-electron chi connectivity index (χ0n) is 7.36. The molecule has 0 saturated carbocycles. The van der Waals surface area contributed by atoms with Crippen molar-refractivity contribution in [2.24, 2.45) is 0 Å². The molecule has 0 aliphatic rings. The van der Waals surface area contributed by atoms with E-state index in [1.54, 1.807) is 30.3 Å². The Balaban J connectivity index is 2.62. The topological polar surface area (TPSA) is 96.1 Å². The van der Waals surface area contributed by atoms with Crippen molar-refractivity contribution in [3.63, 3.8) is 0 Å². The summed E-state index contributed by atoms with van der Waals surface area (Å²) in [6, 6.07) is 8.18. The highest BCUT2D eigenvalue weighted by molar-refractivity contribution is 5.63. The van der Waals surface area contributed by atoms with Crippen molar-refractivity contribution in [2.45, 2.75) is 0 Å². The fraction of sp³-hybridized carbons (Fsp3) is 0. The van der Waals surface area contributed by atoms with E-state index < -0.39 is 10.7 Å². The maximum absolute atomic E-state index is 11.1. The summed E-state index contributed by atoms with van der Waals surface area (Å²) in [5.41, 5.74) is 0.195. The fourth-order valence-corrected chi connectivity index (χ4v) is 1.19. The summed E-state index contributed by atoms with van der Waals surface area (Å²) in [6.45, 7) is 0. The molecule has 76 valence electrons. The summed E-state index contributed by atoms with van der Waals surface area (Å²) in [4.78, 5) is 9.80. The summed E-state index contributed by atoms with van der Waals surface area (Å²) in [5.74, 6) is -0.587. The predicted octanol–water partition coefficient (Wildman–Crippen LogP) is 0.883. The molecule has 0 atom stereocenters. The van der Waals surface area contributed by atoms with E-state index in [9.17, 15) is 15.3 Å². The first kappa shape index (κ1) is 9.13. The van der Waals surface area contributed by atoms with Gasteiger partial charge in [-0.25, -0.2) is 0 Å². The SMILES string of the molecule is O=[N+]([O-])c1no[n+]([O-])c1-c1ccccc1. The van der Waals surface area contributed by atoms with Crippen molar-refractivity contribution < 1.29 is 14.5 Å². The molecule has 0 aliphatic heterocycles. The third kappa shape index (κ3) is 1.50. The Morgan fingerprint density at radius 3 is 2.60 bits per heavy atom. The number of nitrogens with zero attached hydrogens (tertiary/aromatic N) is 3. The van der Waals surface area contributed by atoms with Gasteiger partial charge in [0.25, 0.3) is 5.69 Å². The van der Waals surface area contributed by atoms with Gasteiger partial charge >= 0.3 is 5.82 Å². The molecule has 0 fully saturated rings. The van der Waals surface area contributed by atoms with Crippen molar-refractivity contribution in [1.29, 1.82) is 0 Å². The van der Waals surface area contributed by atoms with Crippen LogP contribution in [0.4, 0.5) is 5.82 Å². The van der Waals surface area contributed by atoms with Crippen molar-refractivity contribution in [2.75, 3.05) is 0 Å². The molecule has 0 saturated heterocycles. The lowest BCUT2D eigenvalue weighted by atomic mass is 10.1. The summed E-state index contributed by atoms with van der Waals surface area (Å²) >= 11 is 0. The van der Waals surface area contributed by atoms with Crippen LogP contribution in [0.25, 0.3) is 11.3 Å². The number of hydrogen-bond donors (Lipinski definition) is 0. The maximum Gasteiger partial charge on any atom is 0.440 e. The molecule has 1 aromatic carbocycles. The first-order chi connectivity index (χ1) is 7.20. The number of nitro groups is 1. The molecule has 7 heteroatoms. The average molecular weight is 207 g/mol. The van der Waals surface area contributed by atoms with Crippen LogP contribution in [-0.4, -0.2) is 10.1 Å². The quantitative estimate of drug-likeness (QED) is 0.413. The molecule has 0 spiro atoms. The van der Waals surface area contributed by atoms with Gasteiger partial charge in [0.1, 0.15) is 0 Å². The van der Waals surface area contributed by atoms with E-state index in [2.05, 4.69) is 9.79 Å². The molecule has 0 amide bonds. The highest BCUT2D eigenvalue weighted by Crippen LogP contribution is 2.23. The van der Waals surface area contributed by atoms with E-state index in [1.165, 1.54) is 0 Å². The molecule has 0 bridgehead atoms. The number of rotatable bonds is 2. The van der Waals surface area contributed by atoms with Gasteiger partial charge in [-0.1, -0.05) is 30.3 Å². The van der Waals surface area contributed by atoms with Gasteiger partial charge in [-0.15, -0.1) is 0 Å². The third-order valence-corrected chi connectivity index (χ3v) is 1.82. The summed E-state index contributed by atoms with van der Waals surface area (Å²) in [6.07, 6.45) is 0. The monoisotopic (exact) mass is 207 g/mol. The van der Waals surface area contributed by atoms with Gasteiger partial charge in [-0.2, -0.15) is 0 Å². The van der Waals surface area contributed by atoms with Crippen molar-refractivity contribution >= 4 is 5.82 Å². The second-order valence-electron chi connectivity index (χ2n) is 2.73. The summed E-state index contributed by atoms with van der Waals surface area (Å²) in [7, 11) is 0. The molecule has 15 heavy (non-hydrogen) atoms. The van der Waals surface area contributed by atoms with Crippen molar-refractivity contribution in [3.05, 3.63) is 45.7 Å². The molecule has 7 nitrogen and oxygen atoms in total. The lowest BCUT2D eigenvalue weighted by Gasteiger charge is -1.95. The summed E-state index contributed by atoms with van der Waals surface area (Å²) < 4.78 is 4.18. The third-order valence-electron chi connectivity index (χ3n) is 1.82. The number of aromatic nitrogens is 2. The maximum atomic E-state index is 11.1. The van der Waals surface area contributed by atoms with Crippen LogP contribution in [0.3, 0.4) is 0 Å². The van der Waals surface area contributed by atoms with Gasteiger partial charge in [0.2, 0.25) is 0 Å². The Morgan fingerprint density at radius 2 is 2.00 bits per heavy atom. The summed E-state index contributed by atoms with van der Waals surface area (Å²) in [5, 5.41) is 24.7. The van der Waals surface area contributed by atoms with Crippen LogP contribution in [0.2, 0.25) is 0 Å². The molecular formula is C8H5N3O4. The van der Waals surface area contributed by atoms with Gasteiger partial charge in [0.05, 0.1) is 5.16 Å². The fourth-order valence-electron chi connectivity index (χ4n) is 1.19. The standard InChI is InChI=1S/C8H5N3O4/c12-10(13)8-7(11(14)15-9-8)6-4-2-1-3-5-6/h1-5H. The van der Waals surface area contributed by atoms with Gasteiger partial charge in [0, 0.05) is 5.56 Å². The van der Waals surface area contributed by atoms with E-state index in [-0.39, 0.29) is 10.6 Å². The van der Waals surface area contributed by atoms with Gasteiger partial charge in [0.15, 0.2) is 0 Å². The Bertz CT molecular complexity index is 494. The van der Waals surface area contributed by atoms with Gasteiger partial charge in [-0.05, 0) is 9.83 Å².